The molecule has 5 nitrogen and oxygen atoms in total. The Kier molecular flexibility index (Phi) is 5.39. The fourth-order valence-corrected chi connectivity index (χ4v) is 1.69. The molecule has 0 radical (unpaired) electrons. The first-order valence-corrected chi connectivity index (χ1v) is 6.64. The molecule has 0 unspecified atom stereocenters. The van der Waals surface area contributed by atoms with Crippen LogP contribution in [0.25, 0.3) is 0 Å². The molecular weight excluding hydrogens is 280 g/mol. The highest BCUT2D eigenvalue weighted by molar-refractivity contribution is 6.33. The molecule has 1 rings (SSSR count). The Morgan fingerprint density at radius 2 is 1.95 bits per heavy atom. The van der Waals surface area contributed by atoms with E-state index in [0.717, 1.165) is 6.42 Å². The van der Waals surface area contributed by atoms with Gasteiger partial charge in [0.2, 0.25) is 0 Å². The van der Waals surface area contributed by atoms with Crippen LogP contribution in [0.4, 0.5) is 10.5 Å². The van der Waals surface area contributed by atoms with E-state index < -0.39 is 5.97 Å². The summed E-state index contributed by atoms with van der Waals surface area (Å²) in [6, 6.07) is 3.95. The molecule has 20 heavy (non-hydrogen) atoms. The summed E-state index contributed by atoms with van der Waals surface area (Å²) in [5.74, 6) is -1.13. The Bertz CT molecular complexity index is 510. The number of halogens is 1. The van der Waals surface area contributed by atoms with Crippen LogP contribution in [0.5, 0.6) is 0 Å². The molecule has 0 saturated carbocycles. The summed E-state index contributed by atoms with van der Waals surface area (Å²) in [7, 11) is 0. The summed E-state index contributed by atoms with van der Waals surface area (Å²) in [6.45, 7) is 6.81. The van der Waals surface area contributed by atoms with E-state index in [0.29, 0.717) is 12.2 Å². The molecule has 0 heterocycles. The van der Waals surface area contributed by atoms with Crippen LogP contribution in [0.3, 0.4) is 0 Å². The molecule has 6 heteroatoms. The minimum absolute atomic E-state index is 0.0424. The van der Waals surface area contributed by atoms with Gasteiger partial charge in [0.1, 0.15) is 0 Å². The van der Waals surface area contributed by atoms with Crippen molar-refractivity contribution in [3.8, 4) is 0 Å². The molecule has 0 aliphatic rings. The van der Waals surface area contributed by atoms with Crippen molar-refractivity contribution in [1.82, 2.24) is 5.32 Å². The number of rotatable bonds is 4. The lowest BCUT2D eigenvalue weighted by molar-refractivity contribution is 0.0697. The molecule has 0 aromatic heterocycles. The highest BCUT2D eigenvalue weighted by atomic mass is 35.5. The van der Waals surface area contributed by atoms with E-state index in [2.05, 4.69) is 31.4 Å². The average Bonchev–Trinajstić information content (AvgIpc) is 2.29. The molecular formula is C14H19ClN2O3. The van der Waals surface area contributed by atoms with Crippen molar-refractivity contribution in [1.29, 1.82) is 0 Å². The number of carboxylic acid groups (broad SMARTS) is 1. The van der Waals surface area contributed by atoms with E-state index >= 15 is 0 Å². The third kappa shape index (κ3) is 5.48. The van der Waals surface area contributed by atoms with E-state index in [-0.39, 0.29) is 22.0 Å². The van der Waals surface area contributed by atoms with Gasteiger partial charge in [-0.3, -0.25) is 0 Å². The lowest BCUT2D eigenvalue weighted by Crippen LogP contribution is -2.31. The molecule has 3 N–H and O–H groups in total. The molecule has 2 amide bonds. The number of carboxylic acids is 1. The molecule has 0 bridgehead atoms. The molecule has 0 aliphatic carbocycles. The van der Waals surface area contributed by atoms with Crippen molar-refractivity contribution in [2.24, 2.45) is 5.41 Å². The summed E-state index contributed by atoms with van der Waals surface area (Å²) < 4.78 is 0. The maximum atomic E-state index is 11.7. The molecule has 110 valence electrons. The van der Waals surface area contributed by atoms with Crippen LogP contribution >= 0.6 is 11.6 Å². The average molecular weight is 299 g/mol. The van der Waals surface area contributed by atoms with Gasteiger partial charge in [0.05, 0.1) is 10.6 Å². The monoisotopic (exact) mass is 298 g/mol. The standard InChI is InChI=1S/C14H19ClN2O3/c1-14(2,3)6-7-16-13(20)17-9-4-5-11(15)10(8-9)12(18)19/h4-5,8H,6-7H2,1-3H3,(H,18,19)(H2,16,17,20). The second-order valence-electron chi connectivity index (χ2n) is 5.69. The summed E-state index contributed by atoms with van der Waals surface area (Å²) in [6.07, 6.45) is 0.849. The van der Waals surface area contributed by atoms with E-state index in [9.17, 15) is 9.59 Å². The molecule has 0 fully saturated rings. The third-order valence-electron chi connectivity index (χ3n) is 2.62. The summed E-state index contributed by atoms with van der Waals surface area (Å²) in [5, 5.41) is 14.4. The van der Waals surface area contributed by atoms with Crippen LogP contribution in [0, 0.1) is 5.41 Å². The van der Waals surface area contributed by atoms with Crippen molar-refractivity contribution in [3.05, 3.63) is 28.8 Å². The predicted octanol–water partition coefficient (Wildman–Crippen LogP) is 3.60. The Morgan fingerprint density at radius 1 is 1.30 bits per heavy atom. The number of urea groups is 1. The molecule has 0 saturated heterocycles. The number of carbonyl (C=O) groups excluding carboxylic acids is 1. The van der Waals surface area contributed by atoms with E-state index in [4.69, 9.17) is 16.7 Å². The zero-order chi connectivity index (χ0) is 15.3. The Morgan fingerprint density at radius 3 is 2.50 bits per heavy atom. The maximum Gasteiger partial charge on any atom is 0.337 e. The van der Waals surface area contributed by atoms with Gasteiger partial charge in [0, 0.05) is 12.2 Å². The second-order valence-corrected chi connectivity index (χ2v) is 6.10. The van der Waals surface area contributed by atoms with Gasteiger partial charge in [0.25, 0.3) is 0 Å². The van der Waals surface area contributed by atoms with Crippen LogP contribution in [0.15, 0.2) is 18.2 Å². The highest BCUT2D eigenvalue weighted by Crippen LogP contribution is 2.20. The topological polar surface area (TPSA) is 78.4 Å². The SMILES string of the molecule is CC(C)(C)CCNC(=O)Nc1ccc(Cl)c(C(=O)O)c1. The van der Waals surface area contributed by atoms with Gasteiger partial charge in [-0.2, -0.15) is 0 Å². The minimum atomic E-state index is -1.13. The van der Waals surface area contributed by atoms with Crippen molar-refractivity contribution >= 4 is 29.3 Å². The quantitative estimate of drug-likeness (QED) is 0.794. The highest BCUT2D eigenvalue weighted by Gasteiger charge is 2.12. The number of carbonyl (C=O) groups is 2. The van der Waals surface area contributed by atoms with E-state index in [1.54, 1.807) is 6.07 Å². The Labute approximate surface area is 123 Å². The van der Waals surface area contributed by atoms with Crippen LogP contribution < -0.4 is 10.6 Å². The van der Waals surface area contributed by atoms with Crippen molar-refractivity contribution in [2.75, 3.05) is 11.9 Å². The number of hydrogen-bond acceptors (Lipinski definition) is 2. The summed E-state index contributed by atoms with van der Waals surface area (Å²) in [5.41, 5.74) is 0.489. The summed E-state index contributed by atoms with van der Waals surface area (Å²) >= 11 is 5.75. The normalized spacial score (nSPS) is 11.0. The first-order chi connectivity index (χ1) is 9.19. The van der Waals surface area contributed by atoms with Gasteiger partial charge in [-0.25, -0.2) is 9.59 Å². The lowest BCUT2D eigenvalue weighted by Gasteiger charge is -2.18. The van der Waals surface area contributed by atoms with Gasteiger partial charge in [0.15, 0.2) is 0 Å². The minimum Gasteiger partial charge on any atom is -0.478 e. The fraction of sp³-hybridized carbons (Fsp3) is 0.429. The van der Waals surface area contributed by atoms with E-state index in [1.165, 1.54) is 12.1 Å². The number of benzene rings is 1. The van der Waals surface area contributed by atoms with Gasteiger partial charge in [-0.1, -0.05) is 32.4 Å². The summed E-state index contributed by atoms with van der Waals surface area (Å²) in [4.78, 5) is 22.6. The number of hydrogen-bond donors (Lipinski definition) is 3. The molecule has 1 aromatic rings. The molecule has 0 aliphatic heterocycles. The lowest BCUT2D eigenvalue weighted by atomic mass is 9.92. The van der Waals surface area contributed by atoms with Gasteiger partial charge < -0.3 is 15.7 Å². The molecule has 0 atom stereocenters. The molecule has 1 aromatic carbocycles. The van der Waals surface area contributed by atoms with Crippen molar-refractivity contribution in [2.45, 2.75) is 27.2 Å². The van der Waals surface area contributed by atoms with Crippen molar-refractivity contribution in [3.63, 3.8) is 0 Å². The molecule has 0 spiro atoms. The Balaban J connectivity index is 2.58. The zero-order valence-corrected chi connectivity index (χ0v) is 12.5. The number of amides is 2. The van der Waals surface area contributed by atoms with Crippen LogP contribution in [0.2, 0.25) is 5.02 Å². The van der Waals surface area contributed by atoms with Gasteiger partial charge >= 0.3 is 12.0 Å². The van der Waals surface area contributed by atoms with Crippen LogP contribution in [-0.2, 0) is 0 Å². The maximum absolute atomic E-state index is 11.7. The first kappa shape index (κ1) is 16.3. The fourth-order valence-electron chi connectivity index (χ4n) is 1.49. The number of nitrogens with one attached hydrogen (secondary N) is 2. The largest absolute Gasteiger partial charge is 0.478 e. The van der Waals surface area contributed by atoms with Crippen LogP contribution in [0.1, 0.15) is 37.6 Å². The first-order valence-electron chi connectivity index (χ1n) is 6.27. The Hall–Kier alpha value is -1.75. The number of aromatic carboxylic acids is 1. The smallest absolute Gasteiger partial charge is 0.337 e. The third-order valence-corrected chi connectivity index (χ3v) is 2.94. The van der Waals surface area contributed by atoms with Gasteiger partial charge in [-0.15, -0.1) is 0 Å². The predicted molar refractivity (Wildman–Crippen MR) is 79.5 cm³/mol. The number of anilines is 1. The van der Waals surface area contributed by atoms with Crippen molar-refractivity contribution < 1.29 is 14.7 Å². The zero-order valence-electron chi connectivity index (χ0n) is 11.8. The second kappa shape index (κ2) is 6.61. The van der Waals surface area contributed by atoms with Gasteiger partial charge in [-0.05, 0) is 30.0 Å². The van der Waals surface area contributed by atoms with E-state index in [1.807, 2.05) is 0 Å². The van der Waals surface area contributed by atoms with Crippen LogP contribution in [-0.4, -0.2) is 23.7 Å².